The van der Waals surface area contributed by atoms with Gasteiger partial charge in [-0.3, -0.25) is 4.79 Å². The summed E-state index contributed by atoms with van der Waals surface area (Å²) in [4.78, 5) is 12.2. The number of carbonyl (C=O) groups excluding carboxylic acids is 1. The molecule has 6 nitrogen and oxygen atoms in total. The van der Waals surface area contributed by atoms with E-state index in [-0.39, 0.29) is 17.3 Å². The zero-order valence-corrected chi connectivity index (χ0v) is 18.1. The Kier molecular flexibility index (Phi) is 8.62. The van der Waals surface area contributed by atoms with E-state index in [1.54, 1.807) is 23.9 Å². The summed E-state index contributed by atoms with van der Waals surface area (Å²) in [5.74, 6) is 1.67. The van der Waals surface area contributed by atoms with E-state index >= 15 is 0 Å². The van der Waals surface area contributed by atoms with E-state index < -0.39 is 10.0 Å². The lowest BCUT2D eigenvalue weighted by molar-refractivity contribution is -0.121. The van der Waals surface area contributed by atoms with Gasteiger partial charge in [0.05, 0.1) is 18.6 Å². The third-order valence-electron chi connectivity index (χ3n) is 3.92. The highest BCUT2D eigenvalue weighted by atomic mass is 35.5. The molecule has 0 saturated heterocycles. The molecule has 0 aromatic heterocycles. The highest BCUT2D eigenvalue weighted by Crippen LogP contribution is 2.20. The van der Waals surface area contributed by atoms with Gasteiger partial charge >= 0.3 is 0 Å². The van der Waals surface area contributed by atoms with Gasteiger partial charge in [0, 0.05) is 30.1 Å². The Morgan fingerprint density at radius 1 is 1.18 bits per heavy atom. The van der Waals surface area contributed by atoms with Crippen LogP contribution in [0.15, 0.2) is 53.4 Å². The van der Waals surface area contributed by atoms with E-state index in [0.717, 1.165) is 20.6 Å². The van der Waals surface area contributed by atoms with Crippen molar-refractivity contribution in [1.82, 2.24) is 9.62 Å². The number of rotatable bonds is 10. The van der Waals surface area contributed by atoms with Crippen LogP contribution in [-0.4, -0.2) is 51.6 Å². The van der Waals surface area contributed by atoms with Crippen LogP contribution in [0.3, 0.4) is 0 Å². The summed E-state index contributed by atoms with van der Waals surface area (Å²) in [5, 5.41) is 3.46. The molecule has 9 heteroatoms. The van der Waals surface area contributed by atoms with Crippen molar-refractivity contribution in [2.24, 2.45) is 0 Å². The molecule has 2 aromatic rings. The summed E-state index contributed by atoms with van der Waals surface area (Å²) in [5.41, 5.74) is 1.05. The number of ether oxygens (including phenoxy) is 1. The van der Waals surface area contributed by atoms with Gasteiger partial charge in [-0.05, 0) is 35.9 Å². The molecular formula is C19H23ClN2O4S2. The van der Waals surface area contributed by atoms with Gasteiger partial charge in [0.1, 0.15) is 5.75 Å². The number of sulfonamides is 1. The van der Waals surface area contributed by atoms with Crippen LogP contribution in [0.25, 0.3) is 0 Å². The molecule has 28 heavy (non-hydrogen) atoms. The molecule has 152 valence electrons. The van der Waals surface area contributed by atoms with E-state index in [4.69, 9.17) is 16.3 Å². The number of hydrogen-bond donors (Lipinski definition) is 1. The molecule has 0 unspecified atom stereocenters. The molecule has 0 spiro atoms. The highest BCUT2D eigenvalue weighted by molar-refractivity contribution is 7.98. The van der Waals surface area contributed by atoms with Gasteiger partial charge in [-0.25, -0.2) is 8.42 Å². The molecule has 0 atom stereocenters. The molecule has 0 aliphatic rings. The Labute approximate surface area is 175 Å². The summed E-state index contributed by atoms with van der Waals surface area (Å²) in [6.07, 6.45) is 0. The van der Waals surface area contributed by atoms with Gasteiger partial charge in [-0.2, -0.15) is 16.1 Å². The fourth-order valence-electron chi connectivity index (χ4n) is 2.33. The van der Waals surface area contributed by atoms with Gasteiger partial charge in [0.25, 0.3) is 0 Å². The van der Waals surface area contributed by atoms with Crippen molar-refractivity contribution in [3.8, 4) is 5.75 Å². The predicted octanol–water partition coefficient (Wildman–Crippen LogP) is 3.02. The van der Waals surface area contributed by atoms with Crippen molar-refractivity contribution in [3.05, 3.63) is 59.1 Å². The van der Waals surface area contributed by atoms with Crippen molar-refractivity contribution in [2.75, 3.05) is 33.0 Å². The molecule has 2 rings (SSSR count). The van der Waals surface area contributed by atoms with Crippen LogP contribution in [0, 0.1) is 0 Å². The maximum atomic E-state index is 12.5. The van der Waals surface area contributed by atoms with Gasteiger partial charge in [-0.15, -0.1) is 0 Å². The number of likely N-dealkylation sites (N-methyl/N-ethyl adjacent to an activating group) is 1. The Balaban J connectivity index is 1.76. The number of benzene rings is 2. The van der Waals surface area contributed by atoms with Gasteiger partial charge in [-0.1, -0.05) is 29.8 Å². The summed E-state index contributed by atoms with van der Waals surface area (Å²) < 4.78 is 31.1. The first-order valence-corrected chi connectivity index (χ1v) is 11.5. The van der Waals surface area contributed by atoms with Crippen LogP contribution in [0.1, 0.15) is 5.56 Å². The van der Waals surface area contributed by atoms with E-state index in [9.17, 15) is 13.2 Å². The second-order valence-electron chi connectivity index (χ2n) is 5.93. The molecule has 1 amide bonds. The summed E-state index contributed by atoms with van der Waals surface area (Å²) in [6.45, 7) is 0.202. The average Bonchev–Trinajstić information content (AvgIpc) is 2.69. The number of thioether (sulfide) groups is 1. The Bertz CT molecular complexity index is 889. The number of amides is 1. The van der Waals surface area contributed by atoms with Crippen molar-refractivity contribution in [3.63, 3.8) is 0 Å². The predicted molar refractivity (Wildman–Crippen MR) is 113 cm³/mol. The molecule has 0 saturated carbocycles. The average molecular weight is 443 g/mol. The number of nitrogens with zero attached hydrogens (tertiary/aromatic N) is 1. The Morgan fingerprint density at radius 3 is 2.50 bits per heavy atom. The van der Waals surface area contributed by atoms with E-state index in [1.165, 1.54) is 26.3 Å². The first-order chi connectivity index (χ1) is 13.3. The summed E-state index contributed by atoms with van der Waals surface area (Å²) >= 11 is 7.75. The lowest BCUT2D eigenvalue weighted by Gasteiger charge is -2.17. The maximum absolute atomic E-state index is 12.5. The summed E-state index contributed by atoms with van der Waals surface area (Å²) in [6, 6.07) is 13.7. The largest absolute Gasteiger partial charge is 0.497 e. The second-order valence-corrected chi connectivity index (χ2v) is 9.49. The van der Waals surface area contributed by atoms with E-state index in [2.05, 4.69) is 5.32 Å². The third kappa shape index (κ3) is 6.41. The zero-order valence-electron chi connectivity index (χ0n) is 15.7. The third-order valence-corrected chi connectivity index (χ3v) is 7.11. The second kappa shape index (κ2) is 10.7. The molecule has 0 fully saturated rings. The molecule has 0 heterocycles. The van der Waals surface area contributed by atoms with Crippen molar-refractivity contribution in [2.45, 2.75) is 10.6 Å². The van der Waals surface area contributed by atoms with Crippen LogP contribution in [0.2, 0.25) is 5.02 Å². The first-order valence-electron chi connectivity index (χ1n) is 8.53. The lowest BCUT2D eigenvalue weighted by Crippen LogP contribution is -2.39. The van der Waals surface area contributed by atoms with Gasteiger partial charge in [0.2, 0.25) is 15.9 Å². The number of halogens is 1. The first kappa shape index (κ1) is 22.5. The highest BCUT2D eigenvalue weighted by Gasteiger charge is 2.22. The maximum Gasteiger partial charge on any atom is 0.243 e. The van der Waals surface area contributed by atoms with Crippen molar-refractivity contribution < 1.29 is 17.9 Å². The van der Waals surface area contributed by atoms with E-state index in [1.807, 2.05) is 24.3 Å². The minimum absolute atomic E-state index is 0.110. The minimum Gasteiger partial charge on any atom is -0.497 e. The van der Waals surface area contributed by atoms with Crippen molar-refractivity contribution in [1.29, 1.82) is 0 Å². The lowest BCUT2D eigenvalue weighted by atomic mass is 10.2. The van der Waals surface area contributed by atoms with Crippen LogP contribution in [0.5, 0.6) is 5.75 Å². The van der Waals surface area contributed by atoms with Gasteiger partial charge < -0.3 is 10.1 Å². The molecule has 0 aliphatic heterocycles. The number of hydrogen-bond acceptors (Lipinski definition) is 5. The quantitative estimate of drug-likeness (QED) is 0.572. The number of nitrogens with one attached hydrogen (secondary N) is 1. The number of methoxy groups -OCH3 is 1. The summed E-state index contributed by atoms with van der Waals surface area (Å²) in [7, 11) is -0.851. The molecule has 2 aromatic carbocycles. The van der Waals surface area contributed by atoms with E-state index in [0.29, 0.717) is 18.0 Å². The topological polar surface area (TPSA) is 75.7 Å². The molecule has 1 N–H and O–H groups in total. The van der Waals surface area contributed by atoms with Crippen LogP contribution in [-0.2, 0) is 20.6 Å². The monoisotopic (exact) mass is 442 g/mol. The fraction of sp³-hybridized carbons (Fsp3) is 0.316. The smallest absolute Gasteiger partial charge is 0.243 e. The van der Waals surface area contributed by atoms with Crippen molar-refractivity contribution >= 4 is 39.3 Å². The SMILES string of the molecule is COc1ccc(S(=O)(=O)N(C)CC(=O)NCCSCc2ccccc2Cl)cc1. The molecule has 0 radical (unpaired) electrons. The number of carbonyl (C=O) groups is 1. The van der Waals surface area contributed by atoms with Gasteiger partial charge in [0.15, 0.2) is 0 Å². The Hall–Kier alpha value is -1.74. The van der Waals surface area contributed by atoms with Crippen LogP contribution in [0.4, 0.5) is 0 Å². The minimum atomic E-state index is -3.74. The molecule has 0 aliphatic carbocycles. The fourth-order valence-corrected chi connectivity index (χ4v) is 4.60. The van der Waals surface area contributed by atoms with Crippen LogP contribution < -0.4 is 10.1 Å². The zero-order chi connectivity index (χ0) is 20.6. The molecular weight excluding hydrogens is 420 g/mol. The normalized spacial score (nSPS) is 11.4. The Morgan fingerprint density at radius 2 is 1.86 bits per heavy atom. The standard InChI is InChI=1S/C19H23ClN2O4S2/c1-22(28(24,25)17-9-7-16(26-2)8-10-17)13-19(23)21-11-12-27-14-15-5-3-4-6-18(15)20/h3-10H,11-14H2,1-2H3,(H,21,23). The van der Waals surface area contributed by atoms with Crippen LogP contribution >= 0.6 is 23.4 Å². The molecule has 0 bridgehead atoms.